The third-order valence-corrected chi connectivity index (χ3v) is 4.64. The Morgan fingerprint density at radius 2 is 1.79 bits per heavy atom. The summed E-state index contributed by atoms with van der Waals surface area (Å²) < 4.78 is 7.55. The molecule has 0 atom stereocenters. The van der Waals surface area contributed by atoms with Crippen LogP contribution in [0.4, 0.5) is 17.2 Å². The number of aromatic nitrogens is 3. The van der Waals surface area contributed by atoms with Gasteiger partial charge in [-0.1, -0.05) is 34.8 Å². The van der Waals surface area contributed by atoms with Crippen molar-refractivity contribution in [2.45, 2.75) is 0 Å². The Morgan fingerprint density at radius 1 is 1.10 bits per heavy atom. The number of imidazole rings is 1. The Hall–Kier alpha value is -3.07. The van der Waals surface area contributed by atoms with E-state index in [-0.39, 0.29) is 27.4 Å². The first-order valence-electron chi connectivity index (χ1n) is 8.08. The number of halogens is 3. The van der Waals surface area contributed by atoms with Crippen molar-refractivity contribution in [1.82, 2.24) is 14.4 Å². The Labute approximate surface area is 178 Å². The van der Waals surface area contributed by atoms with E-state index < -0.39 is 4.92 Å². The number of hydrogen-bond donors (Lipinski definition) is 1. The third kappa shape index (κ3) is 4.04. The molecule has 0 amide bonds. The molecule has 0 fully saturated rings. The fraction of sp³-hybridized carbons (Fsp3) is 0. The van der Waals surface area contributed by atoms with Crippen molar-refractivity contribution in [3.63, 3.8) is 0 Å². The predicted molar refractivity (Wildman–Crippen MR) is 111 cm³/mol. The van der Waals surface area contributed by atoms with E-state index in [1.54, 1.807) is 35.1 Å². The highest BCUT2D eigenvalue weighted by Gasteiger charge is 2.16. The van der Waals surface area contributed by atoms with E-state index in [1.807, 2.05) is 0 Å². The SMILES string of the molecule is O=[N+]([O-])c1ccc(Nc2cn3ccnc3c(Oc3c(Cl)cc(Cl)cc3Cl)n2)cc1. The Balaban J connectivity index is 1.70. The van der Waals surface area contributed by atoms with Gasteiger partial charge in [-0.05, 0) is 24.3 Å². The number of nitro benzene ring substituents is 1. The van der Waals surface area contributed by atoms with Crippen molar-refractivity contribution in [1.29, 1.82) is 0 Å². The van der Waals surface area contributed by atoms with E-state index >= 15 is 0 Å². The number of nitro groups is 1. The van der Waals surface area contributed by atoms with Crippen LogP contribution in [0.1, 0.15) is 0 Å². The zero-order valence-corrected chi connectivity index (χ0v) is 16.6. The average molecular weight is 451 g/mol. The van der Waals surface area contributed by atoms with Gasteiger partial charge in [0.15, 0.2) is 11.6 Å². The Kier molecular flexibility index (Phi) is 5.14. The molecule has 0 aliphatic carbocycles. The summed E-state index contributed by atoms with van der Waals surface area (Å²) in [5.41, 5.74) is 1.04. The number of nitrogens with one attached hydrogen (secondary N) is 1. The number of fused-ring (bicyclic) bond motifs is 1. The number of rotatable bonds is 5. The quantitative estimate of drug-likeness (QED) is 0.290. The highest BCUT2D eigenvalue weighted by molar-refractivity contribution is 6.40. The van der Waals surface area contributed by atoms with Crippen LogP contribution in [0.3, 0.4) is 0 Å². The number of anilines is 2. The smallest absolute Gasteiger partial charge is 0.269 e. The van der Waals surface area contributed by atoms with Crippen molar-refractivity contribution < 1.29 is 9.66 Å². The molecule has 0 radical (unpaired) electrons. The standard InChI is InChI=1S/C18H10Cl3N5O3/c19-10-7-13(20)16(14(21)8-10)29-18-17-22-5-6-25(17)9-15(24-18)23-11-1-3-12(4-2-11)26(27)28/h1-9,23H. The summed E-state index contributed by atoms with van der Waals surface area (Å²) in [7, 11) is 0. The van der Waals surface area contributed by atoms with E-state index in [0.29, 0.717) is 22.2 Å². The topological polar surface area (TPSA) is 94.6 Å². The van der Waals surface area contributed by atoms with Crippen molar-refractivity contribution in [3.05, 3.63) is 80.2 Å². The molecule has 0 spiro atoms. The fourth-order valence-electron chi connectivity index (χ4n) is 2.57. The molecular weight excluding hydrogens is 441 g/mol. The predicted octanol–water partition coefficient (Wildman–Crippen LogP) is 6.13. The number of hydrogen-bond acceptors (Lipinski definition) is 6. The van der Waals surface area contributed by atoms with Crippen LogP contribution in [-0.4, -0.2) is 19.3 Å². The molecule has 4 aromatic rings. The Morgan fingerprint density at radius 3 is 2.45 bits per heavy atom. The van der Waals surface area contributed by atoms with Crippen LogP contribution in [0.25, 0.3) is 5.65 Å². The van der Waals surface area contributed by atoms with Gasteiger partial charge in [0.2, 0.25) is 5.65 Å². The maximum atomic E-state index is 10.8. The zero-order valence-electron chi connectivity index (χ0n) is 14.3. The molecule has 0 bridgehead atoms. The number of ether oxygens (including phenoxy) is 1. The minimum Gasteiger partial charge on any atom is -0.433 e. The second kappa shape index (κ2) is 7.75. The summed E-state index contributed by atoms with van der Waals surface area (Å²) in [5, 5.41) is 14.7. The second-order valence-corrected chi connectivity index (χ2v) is 7.07. The van der Waals surface area contributed by atoms with E-state index in [0.717, 1.165) is 0 Å². The van der Waals surface area contributed by atoms with Crippen LogP contribution >= 0.6 is 34.8 Å². The number of non-ortho nitro benzene ring substituents is 1. The summed E-state index contributed by atoms with van der Waals surface area (Å²) in [6.45, 7) is 0. The van der Waals surface area contributed by atoms with Gasteiger partial charge in [0.1, 0.15) is 0 Å². The van der Waals surface area contributed by atoms with Gasteiger partial charge >= 0.3 is 0 Å². The molecule has 1 N–H and O–H groups in total. The average Bonchev–Trinajstić information content (AvgIpc) is 3.13. The zero-order chi connectivity index (χ0) is 20.5. The molecule has 11 heteroatoms. The van der Waals surface area contributed by atoms with E-state index in [9.17, 15) is 10.1 Å². The molecule has 4 rings (SSSR count). The minimum atomic E-state index is -0.467. The lowest BCUT2D eigenvalue weighted by Gasteiger charge is -2.12. The van der Waals surface area contributed by atoms with Crippen LogP contribution in [-0.2, 0) is 0 Å². The molecule has 146 valence electrons. The molecule has 29 heavy (non-hydrogen) atoms. The van der Waals surface area contributed by atoms with Gasteiger partial charge in [-0.15, -0.1) is 0 Å². The van der Waals surface area contributed by atoms with E-state index in [4.69, 9.17) is 39.5 Å². The van der Waals surface area contributed by atoms with E-state index in [2.05, 4.69) is 15.3 Å². The highest BCUT2D eigenvalue weighted by atomic mass is 35.5. The first kappa shape index (κ1) is 19.3. The van der Waals surface area contributed by atoms with E-state index in [1.165, 1.54) is 24.3 Å². The lowest BCUT2D eigenvalue weighted by atomic mass is 10.3. The number of benzene rings is 2. The van der Waals surface area contributed by atoms with Crippen molar-refractivity contribution in [3.8, 4) is 11.6 Å². The van der Waals surface area contributed by atoms with Crippen LogP contribution < -0.4 is 10.1 Å². The van der Waals surface area contributed by atoms with Crippen molar-refractivity contribution in [2.24, 2.45) is 0 Å². The maximum Gasteiger partial charge on any atom is 0.269 e. The molecule has 0 unspecified atom stereocenters. The number of nitrogens with zero attached hydrogens (tertiary/aromatic N) is 4. The lowest BCUT2D eigenvalue weighted by Crippen LogP contribution is -2.01. The summed E-state index contributed by atoms with van der Waals surface area (Å²) in [5.74, 6) is 0.774. The molecule has 8 nitrogen and oxygen atoms in total. The van der Waals surface area contributed by atoms with Gasteiger partial charge in [0.25, 0.3) is 11.6 Å². The summed E-state index contributed by atoms with van der Waals surface area (Å²) in [6, 6.07) is 8.94. The maximum absolute atomic E-state index is 10.8. The first-order valence-corrected chi connectivity index (χ1v) is 9.21. The summed E-state index contributed by atoms with van der Waals surface area (Å²) in [4.78, 5) is 19.0. The Bertz CT molecular complexity index is 1200. The van der Waals surface area contributed by atoms with Crippen LogP contribution in [0.2, 0.25) is 15.1 Å². The molecule has 0 saturated carbocycles. The largest absolute Gasteiger partial charge is 0.433 e. The van der Waals surface area contributed by atoms with Gasteiger partial charge in [0.05, 0.1) is 21.2 Å². The molecule has 0 aliphatic rings. The molecular formula is C18H10Cl3N5O3. The molecule has 0 aliphatic heterocycles. The minimum absolute atomic E-state index is 0.00962. The highest BCUT2D eigenvalue weighted by Crippen LogP contribution is 2.39. The first-order chi connectivity index (χ1) is 13.9. The molecule has 0 saturated heterocycles. The van der Waals surface area contributed by atoms with Crippen molar-refractivity contribution in [2.75, 3.05) is 5.32 Å². The second-order valence-electron chi connectivity index (χ2n) is 5.82. The molecule has 2 heterocycles. The van der Waals surface area contributed by atoms with Gasteiger partial charge in [-0.25, -0.2) is 4.98 Å². The summed E-state index contributed by atoms with van der Waals surface area (Å²) in [6.07, 6.45) is 5.00. The van der Waals surface area contributed by atoms with Gasteiger partial charge < -0.3 is 10.1 Å². The molecule has 2 aromatic heterocycles. The monoisotopic (exact) mass is 449 g/mol. The lowest BCUT2D eigenvalue weighted by molar-refractivity contribution is -0.384. The fourth-order valence-corrected chi connectivity index (χ4v) is 3.46. The summed E-state index contributed by atoms with van der Waals surface area (Å²) >= 11 is 18.3. The van der Waals surface area contributed by atoms with Gasteiger partial charge in [-0.3, -0.25) is 14.5 Å². The van der Waals surface area contributed by atoms with Crippen LogP contribution in [0.5, 0.6) is 11.6 Å². The third-order valence-electron chi connectivity index (χ3n) is 3.86. The van der Waals surface area contributed by atoms with Gasteiger partial charge in [-0.2, -0.15) is 4.98 Å². The van der Waals surface area contributed by atoms with Crippen LogP contribution in [0.15, 0.2) is 55.0 Å². The molecule has 2 aromatic carbocycles. The van der Waals surface area contributed by atoms with Crippen molar-refractivity contribution >= 4 is 57.6 Å². The van der Waals surface area contributed by atoms with Gasteiger partial charge in [0, 0.05) is 35.2 Å². The van der Waals surface area contributed by atoms with Crippen LogP contribution in [0, 0.1) is 10.1 Å². The normalized spacial score (nSPS) is 10.9.